The number of nitrogens with zero attached hydrogens (tertiary/aromatic N) is 1. The van der Waals surface area contributed by atoms with Crippen LogP contribution in [0.25, 0.3) is 6.08 Å². The molecule has 0 spiro atoms. The predicted octanol–water partition coefficient (Wildman–Crippen LogP) is 5.08. The van der Waals surface area contributed by atoms with Crippen LogP contribution in [0.3, 0.4) is 0 Å². The van der Waals surface area contributed by atoms with Crippen LogP contribution in [0.2, 0.25) is 0 Å². The summed E-state index contributed by atoms with van der Waals surface area (Å²) in [6, 6.07) is 12.8. The highest BCUT2D eigenvalue weighted by atomic mass is 127. The Balaban J connectivity index is 2.02. The zero-order chi connectivity index (χ0) is 17.8. The minimum atomic E-state index is -0.598. The summed E-state index contributed by atoms with van der Waals surface area (Å²) in [5, 5.41) is 10.9. The molecule has 0 aliphatic carbocycles. The predicted molar refractivity (Wildman–Crippen MR) is 107 cm³/mol. The molecule has 0 saturated carbocycles. The minimum Gasteiger partial charge on any atom is -0.506 e. The Morgan fingerprint density at radius 2 is 2.08 bits per heavy atom. The van der Waals surface area contributed by atoms with Gasteiger partial charge in [-0.1, -0.05) is 30.0 Å². The number of furan rings is 1. The van der Waals surface area contributed by atoms with E-state index in [1.54, 1.807) is 19.1 Å². The molecule has 2 aromatic rings. The molecule has 3 rings (SSSR count). The van der Waals surface area contributed by atoms with Crippen LogP contribution in [0.4, 0.5) is 5.69 Å². The molecule has 0 unspecified atom stereocenters. The fourth-order valence-electron chi connectivity index (χ4n) is 2.15. The standard InChI is InChI=1S/C18H14INO4S/c1-2-23-18(22)15-16(21)13(10-12-8-9-14(19)24-12)25-17(15)20-11-6-4-3-5-7-11/h3-10,21H,2H2,1H3. The second-order valence-corrected chi connectivity index (χ2v) is 7.04. The molecular weight excluding hydrogens is 453 g/mol. The van der Waals surface area contributed by atoms with Crippen molar-refractivity contribution < 1.29 is 19.1 Å². The number of carbonyl (C=O) groups excluding carboxylic acids is 1. The quantitative estimate of drug-likeness (QED) is 0.502. The van der Waals surface area contributed by atoms with Gasteiger partial charge in [0.25, 0.3) is 0 Å². The van der Waals surface area contributed by atoms with Crippen molar-refractivity contribution in [2.75, 3.05) is 6.61 Å². The molecule has 0 saturated heterocycles. The number of thioether (sulfide) groups is 1. The zero-order valence-electron chi connectivity index (χ0n) is 13.2. The Morgan fingerprint density at radius 3 is 2.72 bits per heavy atom. The van der Waals surface area contributed by atoms with Crippen LogP contribution in [-0.2, 0) is 9.53 Å². The lowest BCUT2D eigenvalue weighted by molar-refractivity contribution is -0.138. The molecule has 0 bridgehead atoms. The van der Waals surface area contributed by atoms with E-state index in [4.69, 9.17) is 9.15 Å². The van der Waals surface area contributed by atoms with Gasteiger partial charge in [-0.3, -0.25) is 0 Å². The first-order valence-corrected chi connectivity index (χ1v) is 9.37. The number of hydrogen-bond donors (Lipinski definition) is 1. The van der Waals surface area contributed by atoms with Crippen LogP contribution in [0.1, 0.15) is 12.7 Å². The number of aliphatic imine (C=N–C) groups is 1. The molecule has 0 radical (unpaired) electrons. The van der Waals surface area contributed by atoms with Gasteiger partial charge in [0.1, 0.15) is 22.1 Å². The first-order chi connectivity index (χ1) is 12.1. The minimum absolute atomic E-state index is 0.0724. The second kappa shape index (κ2) is 7.92. The highest BCUT2D eigenvalue weighted by Crippen LogP contribution is 2.40. The molecule has 1 aromatic carbocycles. The van der Waals surface area contributed by atoms with Crippen molar-refractivity contribution >= 4 is 57.1 Å². The Kier molecular flexibility index (Phi) is 5.64. The van der Waals surface area contributed by atoms with Crippen molar-refractivity contribution in [1.82, 2.24) is 0 Å². The number of esters is 1. The number of ether oxygens (including phenoxy) is 1. The summed E-state index contributed by atoms with van der Waals surface area (Å²) < 4.78 is 11.3. The van der Waals surface area contributed by atoms with Crippen LogP contribution in [-0.4, -0.2) is 22.7 Å². The fraction of sp³-hybridized carbons (Fsp3) is 0.111. The van der Waals surface area contributed by atoms with Gasteiger partial charge in [-0.2, -0.15) is 0 Å². The van der Waals surface area contributed by atoms with E-state index in [1.807, 2.05) is 36.4 Å². The SMILES string of the molecule is CCOC(=O)C1=C(O)C(=Cc2ccc(I)o2)SC1=Nc1ccccc1. The maximum Gasteiger partial charge on any atom is 0.344 e. The highest BCUT2D eigenvalue weighted by molar-refractivity contribution is 14.1. The van der Waals surface area contributed by atoms with Gasteiger partial charge in [-0.05, 0) is 59.9 Å². The molecule has 128 valence electrons. The average molecular weight is 467 g/mol. The lowest BCUT2D eigenvalue weighted by Gasteiger charge is -2.03. The summed E-state index contributed by atoms with van der Waals surface area (Å²) in [6.07, 6.45) is 1.68. The van der Waals surface area contributed by atoms with E-state index in [0.29, 0.717) is 21.4 Å². The van der Waals surface area contributed by atoms with Crippen molar-refractivity contribution in [3.8, 4) is 0 Å². The zero-order valence-corrected chi connectivity index (χ0v) is 16.2. The molecule has 2 heterocycles. The third kappa shape index (κ3) is 4.16. The van der Waals surface area contributed by atoms with Gasteiger partial charge in [0, 0.05) is 0 Å². The van der Waals surface area contributed by atoms with Crippen LogP contribution in [0.15, 0.2) is 68.1 Å². The van der Waals surface area contributed by atoms with E-state index >= 15 is 0 Å². The number of carbonyl (C=O) groups is 1. The lowest BCUT2D eigenvalue weighted by Crippen LogP contribution is -2.12. The molecule has 25 heavy (non-hydrogen) atoms. The van der Waals surface area contributed by atoms with Gasteiger partial charge >= 0.3 is 5.97 Å². The van der Waals surface area contributed by atoms with Gasteiger partial charge in [0.2, 0.25) is 0 Å². The van der Waals surface area contributed by atoms with Crippen LogP contribution < -0.4 is 0 Å². The summed E-state index contributed by atoms with van der Waals surface area (Å²) >= 11 is 3.27. The first kappa shape index (κ1) is 17.8. The van der Waals surface area contributed by atoms with Crippen LogP contribution in [0, 0.1) is 3.77 Å². The number of aliphatic hydroxyl groups is 1. The Bertz CT molecular complexity index is 883. The van der Waals surface area contributed by atoms with Gasteiger partial charge < -0.3 is 14.3 Å². The van der Waals surface area contributed by atoms with E-state index in [1.165, 1.54) is 11.8 Å². The molecule has 1 aliphatic heterocycles. The number of halogens is 1. The monoisotopic (exact) mass is 467 g/mol. The summed E-state index contributed by atoms with van der Waals surface area (Å²) in [7, 11) is 0. The van der Waals surface area contributed by atoms with E-state index < -0.39 is 5.97 Å². The molecule has 1 aliphatic rings. The summed E-state index contributed by atoms with van der Waals surface area (Å²) in [5.74, 6) is -0.160. The Morgan fingerprint density at radius 1 is 1.32 bits per heavy atom. The Hall–Kier alpha value is -2.00. The van der Waals surface area contributed by atoms with E-state index in [2.05, 4.69) is 27.6 Å². The maximum atomic E-state index is 12.3. The van der Waals surface area contributed by atoms with Gasteiger partial charge in [0.05, 0.1) is 17.2 Å². The molecule has 1 aromatic heterocycles. The second-order valence-electron chi connectivity index (χ2n) is 4.95. The fourth-order valence-corrected chi connectivity index (χ4v) is 3.60. The number of aliphatic hydroxyl groups excluding tert-OH is 1. The van der Waals surface area contributed by atoms with Crippen molar-refractivity contribution in [3.63, 3.8) is 0 Å². The van der Waals surface area contributed by atoms with Crippen molar-refractivity contribution in [2.24, 2.45) is 4.99 Å². The first-order valence-electron chi connectivity index (χ1n) is 7.48. The van der Waals surface area contributed by atoms with Crippen molar-refractivity contribution in [2.45, 2.75) is 6.92 Å². The smallest absolute Gasteiger partial charge is 0.344 e. The average Bonchev–Trinajstić information content (AvgIpc) is 3.13. The normalized spacial score (nSPS) is 17.5. The number of rotatable bonds is 4. The number of benzene rings is 1. The summed E-state index contributed by atoms with van der Waals surface area (Å²) in [5.41, 5.74) is 0.761. The highest BCUT2D eigenvalue weighted by Gasteiger charge is 2.33. The number of hydrogen-bond acceptors (Lipinski definition) is 6. The van der Waals surface area contributed by atoms with Crippen LogP contribution in [0.5, 0.6) is 0 Å². The molecule has 7 heteroatoms. The maximum absolute atomic E-state index is 12.3. The van der Waals surface area contributed by atoms with Crippen molar-refractivity contribution in [1.29, 1.82) is 0 Å². The summed E-state index contributed by atoms with van der Waals surface area (Å²) in [6.45, 7) is 1.93. The van der Waals surface area contributed by atoms with E-state index in [0.717, 1.165) is 3.77 Å². The van der Waals surface area contributed by atoms with Gasteiger partial charge in [-0.15, -0.1) is 0 Å². The summed E-state index contributed by atoms with van der Waals surface area (Å²) in [4.78, 5) is 17.2. The molecular formula is C18H14INO4S. The van der Waals surface area contributed by atoms with Crippen molar-refractivity contribution in [3.05, 3.63) is 68.2 Å². The molecule has 0 atom stereocenters. The molecule has 0 fully saturated rings. The van der Waals surface area contributed by atoms with E-state index in [9.17, 15) is 9.90 Å². The third-order valence-electron chi connectivity index (χ3n) is 3.22. The Labute approximate surface area is 162 Å². The third-order valence-corrected chi connectivity index (χ3v) is 4.82. The topological polar surface area (TPSA) is 72.0 Å². The van der Waals surface area contributed by atoms with Gasteiger partial charge in [-0.25, -0.2) is 9.79 Å². The largest absolute Gasteiger partial charge is 0.506 e. The molecule has 5 nitrogen and oxygen atoms in total. The lowest BCUT2D eigenvalue weighted by atomic mass is 10.2. The van der Waals surface area contributed by atoms with Gasteiger partial charge in [0.15, 0.2) is 3.77 Å². The van der Waals surface area contributed by atoms with E-state index in [-0.39, 0.29) is 17.9 Å². The van der Waals surface area contributed by atoms with Crippen LogP contribution >= 0.6 is 34.4 Å². The number of para-hydroxylation sites is 1. The molecule has 0 amide bonds. The molecule has 1 N–H and O–H groups in total.